The van der Waals surface area contributed by atoms with Gasteiger partial charge in [-0.2, -0.15) is 5.26 Å². The second-order valence-corrected chi connectivity index (χ2v) is 4.40. The molecule has 72 valence electrons. The summed E-state index contributed by atoms with van der Waals surface area (Å²) in [5.74, 6) is 0. The number of rotatable bonds is 2. The maximum atomic E-state index is 8.67. The average molecular weight is 207 g/mol. The SMILES string of the molecule is CC1(Nc2ccc(C#N)cc2Cl)CC1. The van der Waals surface area contributed by atoms with Crippen LogP contribution in [0.4, 0.5) is 5.69 Å². The Labute approximate surface area is 88.5 Å². The molecule has 0 amide bonds. The van der Waals surface area contributed by atoms with E-state index in [4.69, 9.17) is 16.9 Å². The minimum Gasteiger partial charge on any atom is -0.379 e. The van der Waals surface area contributed by atoms with Gasteiger partial charge in [0.05, 0.1) is 22.3 Å². The van der Waals surface area contributed by atoms with Crippen LogP contribution in [-0.4, -0.2) is 5.54 Å². The largest absolute Gasteiger partial charge is 0.379 e. The van der Waals surface area contributed by atoms with Crippen molar-refractivity contribution in [1.82, 2.24) is 0 Å². The van der Waals surface area contributed by atoms with Crippen LogP contribution in [0.5, 0.6) is 0 Å². The van der Waals surface area contributed by atoms with Crippen molar-refractivity contribution in [3.05, 3.63) is 28.8 Å². The maximum absolute atomic E-state index is 8.67. The first kappa shape index (κ1) is 9.36. The van der Waals surface area contributed by atoms with E-state index >= 15 is 0 Å². The van der Waals surface area contributed by atoms with E-state index in [1.54, 1.807) is 12.1 Å². The molecule has 0 atom stereocenters. The van der Waals surface area contributed by atoms with Crippen LogP contribution in [0.25, 0.3) is 0 Å². The third-order valence-electron chi connectivity index (χ3n) is 2.53. The van der Waals surface area contributed by atoms with Crippen molar-refractivity contribution in [2.24, 2.45) is 0 Å². The smallest absolute Gasteiger partial charge is 0.0992 e. The molecule has 0 unspecified atom stereocenters. The molecule has 0 aromatic heterocycles. The molecule has 0 aliphatic heterocycles. The highest BCUT2D eigenvalue weighted by atomic mass is 35.5. The lowest BCUT2D eigenvalue weighted by atomic mass is 10.2. The number of halogens is 1. The summed E-state index contributed by atoms with van der Waals surface area (Å²) in [7, 11) is 0. The third-order valence-corrected chi connectivity index (χ3v) is 2.85. The van der Waals surface area contributed by atoms with E-state index < -0.39 is 0 Å². The molecular formula is C11H11ClN2. The molecule has 1 saturated carbocycles. The van der Waals surface area contributed by atoms with Gasteiger partial charge in [0.25, 0.3) is 0 Å². The van der Waals surface area contributed by atoms with Crippen molar-refractivity contribution >= 4 is 17.3 Å². The Kier molecular flexibility index (Phi) is 2.13. The molecule has 14 heavy (non-hydrogen) atoms. The number of anilines is 1. The first-order valence-corrected chi connectivity index (χ1v) is 4.99. The molecular weight excluding hydrogens is 196 g/mol. The van der Waals surface area contributed by atoms with Crippen molar-refractivity contribution in [2.75, 3.05) is 5.32 Å². The Bertz CT molecular complexity index is 402. The van der Waals surface area contributed by atoms with Crippen molar-refractivity contribution in [3.8, 4) is 6.07 Å². The lowest BCUT2D eigenvalue weighted by Gasteiger charge is -2.14. The first-order chi connectivity index (χ1) is 6.63. The summed E-state index contributed by atoms with van der Waals surface area (Å²) in [5, 5.41) is 12.7. The van der Waals surface area contributed by atoms with E-state index in [0.29, 0.717) is 10.6 Å². The number of hydrogen-bond acceptors (Lipinski definition) is 2. The topological polar surface area (TPSA) is 35.8 Å². The van der Waals surface area contributed by atoms with Crippen molar-refractivity contribution in [3.63, 3.8) is 0 Å². The molecule has 2 nitrogen and oxygen atoms in total. The predicted molar refractivity (Wildman–Crippen MR) is 57.4 cm³/mol. The van der Waals surface area contributed by atoms with Crippen LogP contribution in [0.15, 0.2) is 18.2 Å². The van der Waals surface area contributed by atoms with Gasteiger partial charge in [0, 0.05) is 5.54 Å². The van der Waals surface area contributed by atoms with Gasteiger partial charge in [0.1, 0.15) is 0 Å². The van der Waals surface area contributed by atoms with Gasteiger partial charge in [-0.3, -0.25) is 0 Å². The highest BCUT2D eigenvalue weighted by Crippen LogP contribution is 2.39. The third kappa shape index (κ3) is 1.83. The van der Waals surface area contributed by atoms with E-state index in [1.807, 2.05) is 6.07 Å². The predicted octanol–water partition coefficient (Wildman–Crippen LogP) is 3.18. The molecule has 3 heteroatoms. The highest BCUT2D eigenvalue weighted by Gasteiger charge is 2.37. The molecule has 1 aromatic carbocycles. The lowest BCUT2D eigenvalue weighted by molar-refractivity contribution is 0.829. The molecule has 1 aromatic rings. The summed E-state index contributed by atoms with van der Waals surface area (Å²) in [6.07, 6.45) is 2.37. The van der Waals surface area contributed by atoms with E-state index in [2.05, 4.69) is 18.3 Å². The van der Waals surface area contributed by atoms with Crippen LogP contribution >= 0.6 is 11.6 Å². The van der Waals surface area contributed by atoms with Gasteiger partial charge in [-0.1, -0.05) is 11.6 Å². The minimum atomic E-state index is 0.220. The summed E-state index contributed by atoms with van der Waals surface area (Å²) < 4.78 is 0. The fraction of sp³-hybridized carbons (Fsp3) is 0.364. The van der Waals surface area contributed by atoms with Gasteiger partial charge >= 0.3 is 0 Å². The Hall–Kier alpha value is -1.20. The molecule has 1 N–H and O–H groups in total. The van der Waals surface area contributed by atoms with Crippen LogP contribution < -0.4 is 5.32 Å². The van der Waals surface area contributed by atoms with Crippen molar-refractivity contribution in [1.29, 1.82) is 5.26 Å². The number of benzene rings is 1. The summed E-state index contributed by atoms with van der Waals surface area (Å²) in [5.41, 5.74) is 1.74. The highest BCUT2D eigenvalue weighted by molar-refractivity contribution is 6.33. The van der Waals surface area contributed by atoms with Gasteiger partial charge in [-0.25, -0.2) is 0 Å². The maximum Gasteiger partial charge on any atom is 0.0992 e. The van der Waals surface area contributed by atoms with E-state index in [9.17, 15) is 0 Å². The van der Waals surface area contributed by atoms with E-state index in [1.165, 1.54) is 12.8 Å². The van der Waals surface area contributed by atoms with Crippen LogP contribution in [0.3, 0.4) is 0 Å². The van der Waals surface area contributed by atoms with Crippen molar-refractivity contribution < 1.29 is 0 Å². The van der Waals surface area contributed by atoms with E-state index in [-0.39, 0.29) is 5.54 Å². The van der Waals surface area contributed by atoms with Gasteiger partial charge in [0.2, 0.25) is 0 Å². The Balaban J connectivity index is 2.23. The number of hydrogen-bond donors (Lipinski definition) is 1. The van der Waals surface area contributed by atoms with Crippen LogP contribution in [-0.2, 0) is 0 Å². The fourth-order valence-corrected chi connectivity index (χ4v) is 1.55. The van der Waals surface area contributed by atoms with Crippen molar-refractivity contribution in [2.45, 2.75) is 25.3 Å². The zero-order valence-corrected chi connectivity index (χ0v) is 8.73. The zero-order chi connectivity index (χ0) is 10.2. The number of nitriles is 1. The molecule has 2 rings (SSSR count). The molecule has 1 aliphatic rings. The summed E-state index contributed by atoms with van der Waals surface area (Å²) in [6.45, 7) is 2.17. The molecule has 0 bridgehead atoms. The minimum absolute atomic E-state index is 0.220. The number of nitrogens with zero attached hydrogens (tertiary/aromatic N) is 1. The Morgan fingerprint density at radius 2 is 2.21 bits per heavy atom. The summed E-state index contributed by atoms with van der Waals surface area (Å²) >= 11 is 6.03. The molecule has 0 heterocycles. The van der Waals surface area contributed by atoms with Gasteiger partial charge < -0.3 is 5.32 Å². The second kappa shape index (κ2) is 3.18. The second-order valence-electron chi connectivity index (χ2n) is 3.99. The molecule has 1 fully saturated rings. The van der Waals surface area contributed by atoms with Gasteiger partial charge in [0.15, 0.2) is 0 Å². The molecule has 0 radical (unpaired) electrons. The molecule has 0 spiro atoms. The first-order valence-electron chi connectivity index (χ1n) is 4.61. The summed E-state index contributed by atoms with van der Waals surface area (Å²) in [4.78, 5) is 0. The lowest BCUT2D eigenvalue weighted by Crippen LogP contribution is -2.15. The quantitative estimate of drug-likeness (QED) is 0.807. The average Bonchev–Trinajstić information content (AvgIpc) is 2.88. The van der Waals surface area contributed by atoms with Gasteiger partial charge in [-0.15, -0.1) is 0 Å². The monoisotopic (exact) mass is 206 g/mol. The van der Waals surface area contributed by atoms with Crippen LogP contribution in [0.1, 0.15) is 25.3 Å². The molecule has 1 aliphatic carbocycles. The zero-order valence-electron chi connectivity index (χ0n) is 7.97. The number of nitrogens with one attached hydrogen (secondary N) is 1. The van der Waals surface area contributed by atoms with Crippen LogP contribution in [0.2, 0.25) is 5.02 Å². The standard InChI is InChI=1S/C11H11ClN2/c1-11(4-5-11)14-10-3-2-8(7-13)6-9(10)12/h2-3,6,14H,4-5H2,1H3. The van der Waals surface area contributed by atoms with E-state index in [0.717, 1.165) is 5.69 Å². The summed E-state index contributed by atoms with van der Waals surface area (Å²) in [6, 6.07) is 7.39. The molecule has 0 saturated heterocycles. The fourth-order valence-electron chi connectivity index (χ4n) is 1.32. The Morgan fingerprint density at radius 1 is 1.50 bits per heavy atom. The van der Waals surface area contributed by atoms with Gasteiger partial charge in [-0.05, 0) is 38.0 Å². The van der Waals surface area contributed by atoms with Crippen LogP contribution in [0, 0.1) is 11.3 Å². The normalized spacial score (nSPS) is 17.2. The Morgan fingerprint density at radius 3 is 2.71 bits per heavy atom.